The van der Waals surface area contributed by atoms with Crippen LogP contribution in [-0.2, 0) is 6.54 Å². The highest BCUT2D eigenvalue weighted by Gasteiger charge is 2.18. The van der Waals surface area contributed by atoms with Crippen molar-refractivity contribution in [1.82, 2.24) is 5.32 Å². The van der Waals surface area contributed by atoms with E-state index in [0.29, 0.717) is 11.3 Å². The SMILES string of the molecule is CCNCc1ccc(Oc2cccc(C)c2[N+](=O)[O-])cc1. The molecule has 0 aromatic heterocycles. The van der Waals surface area contributed by atoms with E-state index in [1.807, 2.05) is 31.2 Å². The maximum Gasteiger partial charge on any atom is 0.314 e. The zero-order chi connectivity index (χ0) is 15.2. The number of nitrogens with one attached hydrogen (secondary N) is 1. The maximum atomic E-state index is 11.1. The number of nitro benzene ring substituents is 1. The fraction of sp³-hybridized carbons (Fsp3) is 0.250. The molecule has 110 valence electrons. The van der Waals surface area contributed by atoms with E-state index in [1.165, 1.54) is 0 Å². The summed E-state index contributed by atoms with van der Waals surface area (Å²) in [7, 11) is 0. The Morgan fingerprint density at radius 3 is 2.52 bits per heavy atom. The molecule has 0 atom stereocenters. The monoisotopic (exact) mass is 286 g/mol. The number of nitro groups is 1. The minimum absolute atomic E-state index is 0.00854. The molecule has 0 unspecified atom stereocenters. The summed E-state index contributed by atoms with van der Waals surface area (Å²) in [6.45, 7) is 5.45. The lowest BCUT2D eigenvalue weighted by Crippen LogP contribution is -2.11. The molecule has 2 aromatic carbocycles. The van der Waals surface area contributed by atoms with Crippen molar-refractivity contribution >= 4 is 5.69 Å². The molecule has 1 N–H and O–H groups in total. The second-order valence-corrected chi connectivity index (χ2v) is 4.71. The largest absolute Gasteiger partial charge is 0.450 e. The highest BCUT2D eigenvalue weighted by molar-refractivity contribution is 5.53. The Morgan fingerprint density at radius 2 is 1.90 bits per heavy atom. The van der Waals surface area contributed by atoms with Crippen molar-refractivity contribution < 1.29 is 9.66 Å². The van der Waals surface area contributed by atoms with E-state index in [1.54, 1.807) is 25.1 Å². The van der Waals surface area contributed by atoms with Crippen LogP contribution in [0.3, 0.4) is 0 Å². The first-order valence-electron chi connectivity index (χ1n) is 6.83. The first-order chi connectivity index (χ1) is 10.1. The third-order valence-electron chi connectivity index (χ3n) is 3.11. The van der Waals surface area contributed by atoms with Gasteiger partial charge in [-0.25, -0.2) is 0 Å². The lowest BCUT2D eigenvalue weighted by molar-refractivity contribution is -0.386. The summed E-state index contributed by atoms with van der Waals surface area (Å²) in [6, 6.07) is 12.6. The molecule has 0 aliphatic rings. The number of aryl methyl sites for hydroxylation is 1. The molecule has 0 saturated carbocycles. The Kier molecular flexibility index (Phi) is 4.90. The number of rotatable bonds is 6. The quantitative estimate of drug-likeness (QED) is 0.648. The molecule has 0 amide bonds. The molecule has 2 rings (SSSR count). The first-order valence-corrected chi connectivity index (χ1v) is 6.83. The standard InChI is InChI=1S/C16H18N2O3/c1-3-17-11-13-7-9-14(10-8-13)21-15-6-4-5-12(2)16(15)18(19)20/h4-10,17H,3,11H2,1-2H3. The summed E-state index contributed by atoms with van der Waals surface area (Å²) in [6.07, 6.45) is 0. The molecule has 0 bridgehead atoms. The molecule has 0 radical (unpaired) electrons. The summed E-state index contributed by atoms with van der Waals surface area (Å²) in [4.78, 5) is 10.7. The van der Waals surface area contributed by atoms with E-state index >= 15 is 0 Å². The zero-order valence-corrected chi connectivity index (χ0v) is 12.1. The van der Waals surface area contributed by atoms with E-state index in [4.69, 9.17) is 4.74 Å². The molecule has 2 aromatic rings. The van der Waals surface area contributed by atoms with E-state index in [2.05, 4.69) is 5.32 Å². The van der Waals surface area contributed by atoms with Crippen molar-refractivity contribution in [3.63, 3.8) is 0 Å². The van der Waals surface area contributed by atoms with Gasteiger partial charge in [0, 0.05) is 12.1 Å². The smallest absolute Gasteiger partial charge is 0.314 e. The van der Waals surface area contributed by atoms with Crippen molar-refractivity contribution in [3.05, 3.63) is 63.7 Å². The van der Waals surface area contributed by atoms with Crippen LogP contribution in [0.5, 0.6) is 11.5 Å². The first kappa shape index (κ1) is 15.0. The number of para-hydroxylation sites is 1. The van der Waals surface area contributed by atoms with E-state index in [0.717, 1.165) is 18.7 Å². The van der Waals surface area contributed by atoms with Crippen molar-refractivity contribution in [2.45, 2.75) is 20.4 Å². The van der Waals surface area contributed by atoms with Crippen LogP contribution in [0.4, 0.5) is 5.69 Å². The third kappa shape index (κ3) is 3.79. The fourth-order valence-corrected chi connectivity index (χ4v) is 2.02. The Hall–Kier alpha value is -2.40. The molecule has 21 heavy (non-hydrogen) atoms. The molecule has 0 aliphatic heterocycles. The predicted octanol–water partition coefficient (Wildman–Crippen LogP) is 3.81. The van der Waals surface area contributed by atoms with Crippen molar-refractivity contribution in [2.75, 3.05) is 6.54 Å². The number of benzene rings is 2. The second kappa shape index (κ2) is 6.85. The third-order valence-corrected chi connectivity index (χ3v) is 3.11. The van der Waals surface area contributed by atoms with Gasteiger partial charge in [0.05, 0.1) is 4.92 Å². The van der Waals surface area contributed by atoms with E-state index < -0.39 is 4.92 Å². The Labute approximate surface area is 123 Å². The van der Waals surface area contributed by atoms with Gasteiger partial charge in [-0.15, -0.1) is 0 Å². The minimum atomic E-state index is -0.412. The molecule has 5 heteroatoms. The minimum Gasteiger partial charge on any atom is -0.450 e. The van der Waals surface area contributed by atoms with Crippen LogP contribution >= 0.6 is 0 Å². The van der Waals surface area contributed by atoms with Crippen LogP contribution in [0.1, 0.15) is 18.1 Å². The maximum absolute atomic E-state index is 11.1. The number of ether oxygens (including phenoxy) is 1. The summed E-state index contributed by atoms with van der Waals surface area (Å²) in [5.74, 6) is 0.850. The van der Waals surface area contributed by atoms with E-state index in [-0.39, 0.29) is 11.4 Å². The molecule has 0 saturated heterocycles. The van der Waals surface area contributed by atoms with Crippen molar-refractivity contribution in [2.24, 2.45) is 0 Å². The average molecular weight is 286 g/mol. The van der Waals surface area contributed by atoms with Gasteiger partial charge in [-0.05, 0) is 37.2 Å². The Morgan fingerprint density at radius 1 is 1.19 bits per heavy atom. The summed E-state index contributed by atoms with van der Waals surface area (Å²) in [5, 5.41) is 14.4. The van der Waals surface area contributed by atoms with Crippen LogP contribution < -0.4 is 10.1 Å². The second-order valence-electron chi connectivity index (χ2n) is 4.71. The van der Waals surface area contributed by atoms with Gasteiger partial charge in [-0.1, -0.05) is 31.2 Å². The topological polar surface area (TPSA) is 64.4 Å². The van der Waals surface area contributed by atoms with Gasteiger partial charge in [0.1, 0.15) is 5.75 Å². The molecular formula is C16H18N2O3. The lowest BCUT2D eigenvalue weighted by Gasteiger charge is -2.08. The van der Waals surface area contributed by atoms with Gasteiger partial charge in [-0.3, -0.25) is 10.1 Å². The van der Waals surface area contributed by atoms with Gasteiger partial charge in [-0.2, -0.15) is 0 Å². The number of nitrogens with zero attached hydrogens (tertiary/aromatic N) is 1. The molecule has 0 aliphatic carbocycles. The summed E-state index contributed by atoms with van der Waals surface area (Å²) >= 11 is 0. The highest BCUT2D eigenvalue weighted by atomic mass is 16.6. The Bertz CT molecular complexity index is 624. The van der Waals surface area contributed by atoms with E-state index in [9.17, 15) is 10.1 Å². The van der Waals surface area contributed by atoms with Crippen LogP contribution in [0.15, 0.2) is 42.5 Å². The Balaban J connectivity index is 2.19. The molecule has 5 nitrogen and oxygen atoms in total. The van der Waals surface area contributed by atoms with Gasteiger partial charge in [0.15, 0.2) is 0 Å². The molecule has 0 heterocycles. The van der Waals surface area contributed by atoms with Crippen LogP contribution in [-0.4, -0.2) is 11.5 Å². The summed E-state index contributed by atoms with van der Waals surface area (Å²) in [5.41, 5.74) is 1.73. The van der Waals surface area contributed by atoms with Crippen LogP contribution in [0, 0.1) is 17.0 Å². The fourth-order valence-electron chi connectivity index (χ4n) is 2.02. The normalized spacial score (nSPS) is 10.4. The summed E-state index contributed by atoms with van der Waals surface area (Å²) < 4.78 is 5.65. The highest BCUT2D eigenvalue weighted by Crippen LogP contribution is 2.33. The van der Waals surface area contributed by atoms with Gasteiger partial charge >= 0.3 is 5.69 Å². The van der Waals surface area contributed by atoms with Crippen molar-refractivity contribution in [3.8, 4) is 11.5 Å². The number of hydrogen-bond donors (Lipinski definition) is 1. The molecule has 0 fully saturated rings. The van der Waals surface area contributed by atoms with Gasteiger partial charge in [0.25, 0.3) is 0 Å². The lowest BCUT2D eigenvalue weighted by atomic mass is 10.2. The number of hydrogen-bond acceptors (Lipinski definition) is 4. The zero-order valence-electron chi connectivity index (χ0n) is 12.1. The average Bonchev–Trinajstić information content (AvgIpc) is 2.46. The van der Waals surface area contributed by atoms with Crippen molar-refractivity contribution in [1.29, 1.82) is 0 Å². The van der Waals surface area contributed by atoms with Gasteiger partial charge in [0.2, 0.25) is 5.75 Å². The molecular weight excluding hydrogens is 268 g/mol. The predicted molar refractivity (Wildman–Crippen MR) is 81.7 cm³/mol. The van der Waals surface area contributed by atoms with Gasteiger partial charge < -0.3 is 10.1 Å². The van der Waals surface area contributed by atoms with Crippen LogP contribution in [0.2, 0.25) is 0 Å². The molecule has 0 spiro atoms. The van der Waals surface area contributed by atoms with Crippen LogP contribution in [0.25, 0.3) is 0 Å².